The number of halogens is 8. The first-order valence-corrected chi connectivity index (χ1v) is 13.6. The minimum atomic E-state index is -5.70. The minimum Gasteiger partial charge on any atom is -0.493 e. The van der Waals surface area contributed by atoms with Crippen molar-refractivity contribution in [1.29, 1.82) is 0 Å². The van der Waals surface area contributed by atoms with E-state index >= 15 is 0 Å². The van der Waals surface area contributed by atoms with Crippen LogP contribution in [-0.2, 0) is 6.18 Å². The fourth-order valence-electron chi connectivity index (χ4n) is 4.44. The molecule has 17 heteroatoms. The van der Waals surface area contributed by atoms with E-state index in [-0.39, 0.29) is 17.6 Å². The van der Waals surface area contributed by atoms with E-state index in [0.29, 0.717) is 17.2 Å². The predicted molar refractivity (Wildman–Crippen MR) is 151 cm³/mol. The van der Waals surface area contributed by atoms with E-state index in [2.05, 4.69) is 30.8 Å². The van der Waals surface area contributed by atoms with Gasteiger partial charge in [-0.15, -0.1) is 0 Å². The van der Waals surface area contributed by atoms with Gasteiger partial charge in [-0.25, -0.2) is 18.6 Å². The smallest absolute Gasteiger partial charge is 0.422 e. The van der Waals surface area contributed by atoms with Crippen LogP contribution in [0, 0.1) is 29.1 Å². The Hall–Kier alpha value is -5.22. The summed E-state index contributed by atoms with van der Waals surface area (Å²) in [4.78, 5) is 15.2. The highest BCUT2D eigenvalue weighted by atomic mass is 19.4. The predicted octanol–water partition coefficient (Wildman–Crippen LogP) is 7.57. The zero-order valence-electron chi connectivity index (χ0n) is 23.7. The number of hydrazone groups is 1. The minimum absolute atomic E-state index is 0.0562. The number of nitrogens with zero attached hydrogens (tertiary/aromatic N) is 5. The zero-order valence-corrected chi connectivity index (χ0v) is 23.7. The van der Waals surface area contributed by atoms with Gasteiger partial charge in [0.05, 0.1) is 13.3 Å². The van der Waals surface area contributed by atoms with Crippen molar-refractivity contribution < 1.29 is 44.6 Å². The fourth-order valence-corrected chi connectivity index (χ4v) is 4.44. The van der Waals surface area contributed by atoms with Crippen molar-refractivity contribution in [1.82, 2.24) is 15.0 Å². The van der Waals surface area contributed by atoms with Gasteiger partial charge in [0.25, 0.3) is 0 Å². The number of benzene rings is 3. The standard InChI is InChI=1S/C29H23F8N7O2/c1-45-19-13-15(5-10-18(19)46-25-23(33)21(31)20(29(35,36)37)22(32)24(25)34)14-38-43-27-40-26(39-17-8-6-16(30)7-9-17)41-28(42-27)44-11-3-2-4-12-44/h5-10,13-14H,2-4,11-12H2,1H3,(H2,39,40,41,42,43). The molecule has 0 spiro atoms. The number of alkyl halides is 3. The summed E-state index contributed by atoms with van der Waals surface area (Å²) in [6.07, 6.45) is -1.43. The number of anilines is 4. The maximum Gasteiger partial charge on any atom is 0.422 e. The first kappa shape index (κ1) is 32.2. The van der Waals surface area contributed by atoms with Crippen LogP contribution < -0.4 is 25.1 Å². The lowest BCUT2D eigenvalue weighted by molar-refractivity contribution is -0.143. The number of methoxy groups -OCH3 is 1. The maximum atomic E-state index is 14.4. The normalized spacial score (nSPS) is 13.6. The van der Waals surface area contributed by atoms with Crippen LogP contribution in [0.3, 0.4) is 0 Å². The molecule has 1 saturated heterocycles. The van der Waals surface area contributed by atoms with Gasteiger partial charge in [-0.2, -0.15) is 42.0 Å². The van der Waals surface area contributed by atoms with Crippen LogP contribution in [0.15, 0.2) is 47.6 Å². The zero-order chi connectivity index (χ0) is 33.0. The Morgan fingerprint density at radius 1 is 0.804 bits per heavy atom. The molecule has 0 amide bonds. The number of nitrogens with one attached hydrogen (secondary N) is 2. The Balaban J connectivity index is 1.36. The first-order valence-electron chi connectivity index (χ1n) is 13.6. The van der Waals surface area contributed by atoms with Crippen molar-refractivity contribution >= 4 is 29.7 Å². The second-order valence-corrected chi connectivity index (χ2v) is 9.80. The molecule has 46 heavy (non-hydrogen) atoms. The highest BCUT2D eigenvalue weighted by molar-refractivity contribution is 5.81. The van der Waals surface area contributed by atoms with Gasteiger partial charge in [0, 0.05) is 18.8 Å². The molecule has 0 bridgehead atoms. The van der Waals surface area contributed by atoms with Crippen molar-refractivity contribution in [2.45, 2.75) is 25.4 Å². The lowest BCUT2D eigenvalue weighted by Crippen LogP contribution is -2.31. The lowest BCUT2D eigenvalue weighted by atomic mass is 10.1. The van der Waals surface area contributed by atoms with E-state index in [1.807, 2.05) is 4.90 Å². The number of piperidine rings is 1. The molecule has 2 N–H and O–H groups in total. The molecule has 3 aromatic carbocycles. The molecule has 1 fully saturated rings. The van der Waals surface area contributed by atoms with Gasteiger partial charge in [-0.05, 0) is 67.3 Å². The highest BCUT2D eigenvalue weighted by Crippen LogP contribution is 2.42. The molecule has 0 unspecified atom stereocenters. The van der Waals surface area contributed by atoms with Crippen LogP contribution in [0.1, 0.15) is 30.4 Å². The third-order valence-corrected chi connectivity index (χ3v) is 6.65. The van der Waals surface area contributed by atoms with Gasteiger partial charge in [-0.3, -0.25) is 0 Å². The Morgan fingerprint density at radius 2 is 1.46 bits per heavy atom. The van der Waals surface area contributed by atoms with E-state index < -0.39 is 52.3 Å². The van der Waals surface area contributed by atoms with Crippen LogP contribution in [0.2, 0.25) is 0 Å². The summed E-state index contributed by atoms with van der Waals surface area (Å²) in [6, 6.07) is 9.24. The van der Waals surface area contributed by atoms with Crippen LogP contribution in [0.4, 0.5) is 58.7 Å². The third-order valence-electron chi connectivity index (χ3n) is 6.65. The molecule has 5 rings (SSSR count). The monoisotopic (exact) mass is 653 g/mol. The van der Waals surface area contributed by atoms with Crippen molar-refractivity contribution in [2.75, 3.05) is 35.8 Å². The summed E-state index contributed by atoms with van der Waals surface area (Å²) in [5.74, 6) is -12.3. The average Bonchev–Trinajstić information content (AvgIpc) is 3.03. The van der Waals surface area contributed by atoms with Crippen LogP contribution in [0.25, 0.3) is 0 Å². The highest BCUT2D eigenvalue weighted by Gasteiger charge is 2.43. The molecular weight excluding hydrogens is 630 g/mol. The molecule has 4 aromatic rings. The molecular formula is C29H23F8N7O2. The van der Waals surface area contributed by atoms with Gasteiger partial charge in [0.15, 0.2) is 23.1 Å². The van der Waals surface area contributed by atoms with E-state index in [9.17, 15) is 35.1 Å². The van der Waals surface area contributed by atoms with Crippen molar-refractivity contribution in [3.8, 4) is 17.2 Å². The molecule has 0 atom stereocenters. The van der Waals surface area contributed by atoms with E-state index in [1.54, 1.807) is 0 Å². The number of hydrogen-bond donors (Lipinski definition) is 2. The molecule has 1 aliphatic heterocycles. The molecule has 1 aromatic heterocycles. The SMILES string of the molecule is COc1cc(C=NNc2nc(Nc3ccc(F)cc3)nc(N3CCCCC3)n2)ccc1Oc1c(F)c(F)c(C(F)(F)F)c(F)c1F. The fraction of sp³-hybridized carbons (Fsp3) is 0.241. The molecule has 9 nitrogen and oxygen atoms in total. The van der Waals surface area contributed by atoms with Crippen molar-refractivity contribution in [3.63, 3.8) is 0 Å². The summed E-state index contributed by atoms with van der Waals surface area (Å²) < 4.78 is 119. The summed E-state index contributed by atoms with van der Waals surface area (Å²) in [7, 11) is 1.14. The molecule has 0 aliphatic carbocycles. The van der Waals surface area contributed by atoms with Gasteiger partial charge in [-0.1, -0.05) is 0 Å². The van der Waals surface area contributed by atoms with Crippen molar-refractivity contribution in [2.24, 2.45) is 5.10 Å². The van der Waals surface area contributed by atoms with E-state index in [1.165, 1.54) is 42.6 Å². The summed E-state index contributed by atoms with van der Waals surface area (Å²) in [6.45, 7) is 1.47. The number of aromatic nitrogens is 3. The van der Waals surface area contributed by atoms with Gasteiger partial charge in [0.1, 0.15) is 11.4 Å². The Labute approximate surface area is 255 Å². The second kappa shape index (κ2) is 13.4. The number of ether oxygens (including phenoxy) is 2. The first-order chi connectivity index (χ1) is 21.9. The van der Waals surface area contributed by atoms with Gasteiger partial charge >= 0.3 is 6.18 Å². The summed E-state index contributed by atoms with van der Waals surface area (Å²) >= 11 is 0. The Kier molecular flexibility index (Phi) is 9.39. The van der Waals surface area contributed by atoms with Crippen molar-refractivity contribution in [3.05, 3.63) is 82.7 Å². The number of hydrogen-bond acceptors (Lipinski definition) is 9. The van der Waals surface area contributed by atoms with Crippen LogP contribution in [0.5, 0.6) is 17.2 Å². The quantitative estimate of drug-likeness (QED) is 0.0827. The van der Waals surface area contributed by atoms with E-state index in [4.69, 9.17) is 9.47 Å². The largest absolute Gasteiger partial charge is 0.493 e. The maximum absolute atomic E-state index is 14.4. The van der Waals surface area contributed by atoms with Crippen LogP contribution >= 0.6 is 0 Å². The topological polar surface area (TPSA) is 96.8 Å². The lowest BCUT2D eigenvalue weighted by Gasteiger charge is -2.26. The molecule has 1 aliphatic rings. The molecule has 242 valence electrons. The second-order valence-electron chi connectivity index (χ2n) is 9.80. The molecule has 2 heterocycles. The van der Waals surface area contributed by atoms with Crippen LogP contribution in [-0.4, -0.2) is 41.4 Å². The number of rotatable bonds is 9. The molecule has 0 radical (unpaired) electrons. The Morgan fingerprint density at radius 3 is 2.09 bits per heavy atom. The summed E-state index contributed by atoms with van der Waals surface area (Å²) in [5, 5.41) is 7.08. The average molecular weight is 654 g/mol. The van der Waals surface area contributed by atoms with E-state index in [0.717, 1.165) is 45.5 Å². The third kappa shape index (κ3) is 7.18. The van der Waals surface area contributed by atoms with Gasteiger partial charge < -0.3 is 19.7 Å². The van der Waals surface area contributed by atoms with Gasteiger partial charge in [0.2, 0.25) is 35.2 Å². The molecule has 0 saturated carbocycles. The Bertz CT molecular complexity index is 1720. The summed E-state index contributed by atoms with van der Waals surface area (Å²) in [5.41, 5.74) is 0.804.